The Labute approximate surface area is 309 Å². The summed E-state index contributed by atoms with van der Waals surface area (Å²) in [6.07, 6.45) is 0. The molecule has 0 bridgehead atoms. The van der Waals surface area contributed by atoms with Gasteiger partial charge in [0.15, 0.2) is 0 Å². The Hall–Kier alpha value is -7.30. The minimum atomic E-state index is 0.869. The zero-order valence-electron chi connectivity index (χ0n) is 29.1. The molecule has 0 atom stereocenters. The minimum absolute atomic E-state index is 0.869. The Bertz CT molecular complexity index is 3390. The summed E-state index contributed by atoms with van der Waals surface area (Å²) in [6.45, 7) is 0. The van der Waals surface area contributed by atoms with E-state index < -0.39 is 0 Å². The highest BCUT2D eigenvalue weighted by molar-refractivity contribution is 6.20. The zero-order chi connectivity index (χ0) is 35.3. The molecule has 0 saturated carbocycles. The molecule has 0 saturated heterocycles. The van der Waals surface area contributed by atoms with Gasteiger partial charge in [-0.3, -0.25) is 4.57 Å². The lowest BCUT2D eigenvalue weighted by atomic mass is 10.0. The number of rotatable bonds is 4. The SMILES string of the molecule is c1ccc(-n2c3ccccc3c3c4cc(-c5cccc(-n6c7ccccc7c7cc(-n8c9ccccc9c9ccccc98)ccc76)c5)ccc4oc32)cc1. The van der Waals surface area contributed by atoms with Crippen molar-refractivity contribution in [2.75, 3.05) is 0 Å². The largest absolute Gasteiger partial charge is 0.439 e. The third-order valence-electron chi connectivity index (χ3n) is 11.2. The topological polar surface area (TPSA) is 27.9 Å². The summed E-state index contributed by atoms with van der Waals surface area (Å²) < 4.78 is 13.7. The molecule has 8 aromatic carbocycles. The first-order valence-electron chi connectivity index (χ1n) is 18.4. The first kappa shape index (κ1) is 29.3. The molecule has 54 heavy (non-hydrogen) atoms. The Morgan fingerprint density at radius 2 is 0.815 bits per heavy atom. The van der Waals surface area contributed by atoms with Gasteiger partial charge in [0.25, 0.3) is 0 Å². The number of aromatic nitrogens is 3. The van der Waals surface area contributed by atoms with E-state index in [1.54, 1.807) is 0 Å². The second-order valence-electron chi connectivity index (χ2n) is 14.2. The van der Waals surface area contributed by atoms with Crippen molar-refractivity contribution in [3.8, 4) is 28.2 Å². The third-order valence-corrected chi connectivity index (χ3v) is 11.2. The minimum Gasteiger partial charge on any atom is -0.439 e. The molecular weight excluding hydrogens is 659 g/mol. The molecular formula is C50H31N3O. The zero-order valence-corrected chi connectivity index (χ0v) is 29.1. The van der Waals surface area contributed by atoms with Crippen molar-refractivity contribution in [2.24, 2.45) is 0 Å². The fourth-order valence-corrected chi connectivity index (χ4v) is 8.91. The van der Waals surface area contributed by atoms with E-state index in [0.29, 0.717) is 0 Å². The van der Waals surface area contributed by atoms with Crippen molar-refractivity contribution in [3.05, 3.63) is 188 Å². The van der Waals surface area contributed by atoms with Gasteiger partial charge in [-0.2, -0.15) is 0 Å². The van der Waals surface area contributed by atoms with Gasteiger partial charge in [0.05, 0.1) is 33.0 Å². The highest BCUT2D eigenvalue weighted by Gasteiger charge is 2.20. The molecule has 0 unspecified atom stereocenters. The number of para-hydroxylation sites is 5. The number of hydrogen-bond donors (Lipinski definition) is 0. The van der Waals surface area contributed by atoms with E-state index >= 15 is 0 Å². The van der Waals surface area contributed by atoms with Crippen molar-refractivity contribution >= 4 is 76.6 Å². The van der Waals surface area contributed by atoms with E-state index in [1.165, 1.54) is 49.0 Å². The average molecular weight is 690 g/mol. The van der Waals surface area contributed by atoms with Crippen molar-refractivity contribution in [1.82, 2.24) is 13.7 Å². The van der Waals surface area contributed by atoms with Crippen LogP contribution >= 0.6 is 0 Å². The second-order valence-corrected chi connectivity index (χ2v) is 14.2. The van der Waals surface area contributed by atoms with Crippen LogP contribution in [0.1, 0.15) is 0 Å². The van der Waals surface area contributed by atoms with Crippen LogP contribution in [0.15, 0.2) is 192 Å². The maximum absolute atomic E-state index is 6.63. The molecule has 0 spiro atoms. The summed E-state index contributed by atoms with van der Waals surface area (Å²) in [6, 6.07) is 67.7. The predicted octanol–water partition coefficient (Wildman–Crippen LogP) is 13.4. The van der Waals surface area contributed by atoms with Gasteiger partial charge in [0, 0.05) is 49.4 Å². The summed E-state index contributed by atoms with van der Waals surface area (Å²) in [5.74, 6) is 0. The predicted molar refractivity (Wildman–Crippen MR) is 225 cm³/mol. The van der Waals surface area contributed by atoms with Gasteiger partial charge in [-0.15, -0.1) is 0 Å². The molecule has 0 aliphatic rings. The number of hydrogen-bond acceptors (Lipinski definition) is 1. The van der Waals surface area contributed by atoms with Crippen LogP contribution in [0.4, 0.5) is 0 Å². The van der Waals surface area contributed by atoms with Crippen LogP contribution in [-0.2, 0) is 0 Å². The van der Waals surface area contributed by atoms with Gasteiger partial charge in [0.1, 0.15) is 5.58 Å². The van der Waals surface area contributed by atoms with Crippen LogP contribution in [0.25, 0.3) is 105 Å². The van der Waals surface area contributed by atoms with Crippen LogP contribution < -0.4 is 0 Å². The molecule has 0 radical (unpaired) electrons. The molecule has 252 valence electrons. The standard InChI is InChI=1S/C50H31N3O/c1-2-14-34(15-3-1)53-46-24-11-7-20-40(46)49-42-30-33(25-28-48(42)54-50(49)53)32-13-12-16-35(29-32)51-45-23-10-6-19-39(45)41-31-36(26-27-47(41)51)52-43-21-8-4-17-37(43)38-18-5-9-22-44(38)52/h1-31H. The molecule has 4 heteroatoms. The maximum Gasteiger partial charge on any atom is 0.213 e. The van der Waals surface area contributed by atoms with Crippen LogP contribution in [0, 0.1) is 0 Å². The smallest absolute Gasteiger partial charge is 0.213 e. The van der Waals surface area contributed by atoms with E-state index in [-0.39, 0.29) is 0 Å². The van der Waals surface area contributed by atoms with Gasteiger partial charge in [-0.25, -0.2) is 0 Å². The summed E-state index contributed by atoms with van der Waals surface area (Å²) in [4.78, 5) is 0. The van der Waals surface area contributed by atoms with Crippen molar-refractivity contribution in [2.45, 2.75) is 0 Å². The second kappa shape index (κ2) is 11.1. The van der Waals surface area contributed by atoms with Gasteiger partial charge in [0.2, 0.25) is 5.71 Å². The summed E-state index contributed by atoms with van der Waals surface area (Å²) >= 11 is 0. The van der Waals surface area contributed by atoms with Crippen LogP contribution in [0.2, 0.25) is 0 Å². The molecule has 0 fully saturated rings. The highest BCUT2D eigenvalue weighted by Crippen LogP contribution is 2.41. The lowest BCUT2D eigenvalue weighted by molar-refractivity contribution is 0.645. The van der Waals surface area contributed by atoms with Crippen LogP contribution in [-0.4, -0.2) is 13.7 Å². The fourth-order valence-electron chi connectivity index (χ4n) is 8.91. The van der Waals surface area contributed by atoms with Crippen molar-refractivity contribution in [1.29, 1.82) is 0 Å². The van der Waals surface area contributed by atoms with E-state index in [9.17, 15) is 0 Å². The van der Waals surface area contributed by atoms with Crippen LogP contribution in [0.3, 0.4) is 0 Å². The molecule has 4 aromatic heterocycles. The first-order chi connectivity index (χ1) is 26.8. The molecule has 12 rings (SSSR count). The lowest BCUT2D eigenvalue weighted by Crippen LogP contribution is -1.96. The Balaban J connectivity index is 1.03. The van der Waals surface area contributed by atoms with E-state index in [0.717, 1.165) is 55.8 Å². The number of benzene rings is 8. The molecule has 12 aromatic rings. The van der Waals surface area contributed by atoms with E-state index in [2.05, 4.69) is 202 Å². The van der Waals surface area contributed by atoms with E-state index in [4.69, 9.17) is 4.42 Å². The summed E-state index contributed by atoms with van der Waals surface area (Å²) in [5.41, 5.74) is 13.4. The van der Waals surface area contributed by atoms with E-state index in [1.807, 2.05) is 0 Å². The molecule has 4 nitrogen and oxygen atoms in total. The number of fused-ring (bicyclic) bond motifs is 11. The summed E-state index contributed by atoms with van der Waals surface area (Å²) in [5, 5.41) is 8.45. The maximum atomic E-state index is 6.63. The molecule has 0 aliphatic heterocycles. The molecule has 0 N–H and O–H groups in total. The Kier molecular flexibility index (Phi) is 6.02. The third kappa shape index (κ3) is 4.08. The van der Waals surface area contributed by atoms with Crippen molar-refractivity contribution in [3.63, 3.8) is 0 Å². The van der Waals surface area contributed by atoms with Gasteiger partial charge < -0.3 is 13.6 Å². The van der Waals surface area contributed by atoms with Gasteiger partial charge in [-0.1, -0.05) is 109 Å². The lowest BCUT2D eigenvalue weighted by Gasteiger charge is -2.12. The number of furan rings is 1. The normalized spacial score (nSPS) is 12.1. The number of nitrogens with zero attached hydrogens (tertiary/aromatic N) is 3. The fraction of sp³-hybridized carbons (Fsp3) is 0. The van der Waals surface area contributed by atoms with Crippen molar-refractivity contribution < 1.29 is 4.42 Å². The molecule has 4 heterocycles. The quantitative estimate of drug-likeness (QED) is 0.181. The average Bonchev–Trinajstić information content (AvgIpc) is 3.96. The summed E-state index contributed by atoms with van der Waals surface area (Å²) in [7, 11) is 0. The Morgan fingerprint density at radius 1 is 0.296 bits per heavy atom. The Morgan fingerprint density at radius 3 is 1.50 bits per heavy atom. The van der Waals surface area contributed by atoms with Gasteiger partial charge >= 0.3 is 0 Å². The van der Waals surface area contributed by atoms with Gasteiger partial charge in [-0.05, 0) is 90.0 Å². The highest BCUT2D eigenvalue weighted by atomic mass is 16.3. The van der Waals surface area contributed by atoms with Crippen LogP contribution in [0.5, 0.6) is 0 Å². The monoisotopic (exact) mass is 689 g/mol. The molecule has 0 amide bonds. The molecule has 0 aliphatic carbocycles. The first-order valence-corrected chi connectivity index (χ1v) is 18.4.